The van der Waals surface area contributed by atoms with Crippen LogP contribution in [0.5, 0.6) is 5.75 Å². The number of nitrogens with two attached hydrogens (primary N) is 1. The van der Waals surface area contributed by atoms with E-state index in [9.17, 15) is 5.11 Å². The van der Waals surface area contributed by atoms with Crippen molar-refractivity contribution < 1.29 is 14.6 Å². The van der Waals surface area contributed by atoms with Crippen LogP contribution >= 0.6 is 0 Å². The summed E-state index contributed by atoms with van der Waals surface area (Å²) in [6.07, 6.45) is -0.574. The Balaban J connectivity index is 0. The van der Waals surface area contributed by atoms with E-state index in [2.05, 4.69) is 5.32 Å². The monoisotopic (exact) mass is 314 g/mol. The van der Waals surface area contributed by atoms with Gasteiger partial charge in [-0.15, -0.1) is 0 Å². The van der Waals surface area contributed by atoms with Gasteiger partial charge in [0, 0.05) is 19.6 Å². The summed E-state index contributed by atoms with van der Waals surface area (Å²) in [6.45, 7) is 6.47. The van der Waals surface area contributed by atoms with Gasteiger partial charge in [0.2, 0.25) is 0 Å². The molecule has 0 heterocycles. The topological polar surface area (TPSA) is 76.7 Å². The van der Waals surface area contributed by atoms with E-state index in [4.69, 9.17) is 15.2 Å². The predicted molar refractivity (Wildman–Crippen MR) is 93.5 cm³/mol. The Morgan fingerprint density at radius 1 is 1.18 bits per heavy atom. The van der Waals surface area contributed by atoms with Gasteiger partial charge in [-0.05, 0) is 26.0 Å². The van der Waals surface area contributed by atoms with Gasteiger partial charge in [0.25, 0.3) is 0 Å². The van der Waals surface area contributed by atoms with Gasteiger partial charge in [0.1, 0.15) is 11.9 Å². The molecule has 2 unspecified atom stereocenters. The number of nitrogens with one attached hydrogen (secondary N) is 1. The quantitative estimate of drug-likeness (QED) is 0.576. The van der Waals surface area contributed by atoms with E-state index < -0.39 is 6.10 Å². The van der Waals surface area contributed by atoms with Crippen LogP contribution in [-0.2, 0) is 4.74 Å². The first-order valence-electron chi connectivity index (χ1n) is 7.01. The third kappa shape index (κ3) is 10.6. The Morgan fingerprint density at radius 2 is 1.82 bits per heavy atom. The lowest BCUT2D eigenvalue weighted by Crippen LogP contribution is -2.34. The van der Waals surface area contributed by atoms with Gasteiger partial charge in [-0.3, -0.25) is 0 Å². The smallest absolute Gasteiger partial charge is 0.119 e. The Bertz CT molecular complexity index is 357. The van der Waals surface area contributed by atoms with Gasteiger partial charge >= 0.3 is 0 Å². The van der Waals surface area contributed by atoms with Gasteiger partial charge in [-0.25, -0.2) is 0 Å². The second kappa shape index (κ2) is 13.5. The lowest BCUT2D eigenvalue weighted by atomic mass is 10.2. The summed E-state index contributed by atoms with van der Waals surface area (Å²) in [5, 5.41) is 12.7. The van der Waals surface area contributed by atoms with Crippen molar-refractivity contribution in [3.63, 3.8) is 0 Å². The van der Waals surface area contributed by atoms with Crippen molar-refractivity contribution in [3.8, 4) is 5.75 Å². The number of hydrogen-bond donors (Lipinski definition) is 3. The molecule has 5 nitrogen and oxygen atoms in total. The average molecular weight is 314 g/mol. The molecule has 0 radical (unpaired) electrons. The normalized spacial score (nSPS) is 12.7. The standard InChI is InChI=1S/C15H26N2O3.2CH4/c1-12-3-5-15(6-4-12)20-13(2)10-19-11-14(18)9-17-8-7-16;;/h3-6,13-14,17-18H,7-11,16H2,1-2H3;2*1H4. The number of ether oxygens (including phenoxy) is 2. The maximum absolute atomic E-state index is 9.64. The Morgan fingerprint density at radius 3 is 2.41 bits per heavy atom. The SMILES string of the molecule is C.C.Cc1ccc(OC(C)COCC(O)CNCCN)cc1. The van der Waals surface area contributed by atoms with E-state index in [1.54, 1.807) is 0 Å². The van der Waals surface area contributed by atoms with Crippen molar-refractivity contribution >= 4 is 0 Å². The molecule has 1 aromatic carbocycles. The van der Waals surface area contributed by atoms with Crippen LogP contribution in [0.25, 0.3) is 0 Å². The Kier molecular flexibility index (Phi) is 14.2. The minimum atomic E-state index is -0.520. The lowest BCUT2D eigenvalue weighted by molar-refractivity contribution is 0.00523. The average Bonchev–Trinajstić information content (AvgIpc) is 2.42. The zero-order valence-corrected chi connectivity index (χ0v) is 12.3. The number of benzene rings is 1. The van der Waals surface area contributed by atoms with E-state index in [1.807, 2.05) is 38.1 Å². The molecule has 0 fully saturated rings. The molecule has 1 aromatic rings. The van der Waals surface area contributed by atoms with Crippen molar-refractivity contribution in [2.75, 3.05) is 32.8 Å². The largest absolute Gasteiger partial charge is 0.488 e. The molecule has 2 atom stereocenters. The van der Waals surface area contributed by atoms with E-state index in [1.165, 1.54) is 5.56 Å². The summed E-state index contributed by atoms with van der Waals surface area (Å²) in [4.78, 5) is 0. The molecule has 0 aliphatic rings. The van der Waals surface area contributed by atoms with Crippen molar-refractivity contribution in [3.05, 3.63) is 29.8 Å². The van der Waals surface area contributed by atoms with Gasteiger partial charge in [0.05, 0.1) is 19.3 Å². The van der Waals surface area contributed by atoms with Gasteiger partial charge < -0.3 is 25.6 Å². The van der Waals surface area contributed by atoms with Crippen LogP contribution in [0.2, 0.25) is 0 Å². The Labute approximate surface area is 135 Å². The zero-order chi connectivity index (χ0) is 14.8. The van der Waals surface area contributed by atoms with E-state index in [-0.39, 0.29) is 21.0 Å². The first-order valence-corrected chi connectivity index (χ1v) is 7.01. The number of aliphatic hydroxyl groups is 1. The maximum Gasteiger partial charge on any atom is 0.119 e. The fourth-order valence-corrected chi connectivity index (χ4v) is 1.68. The first-order chi connectivity index (χ1) is 9.61. The summed E-state index contributed by atoms with van der Waals surface area (Å²) < 4.78 is 11.1. The second-order valence-corrected chi connectivity index (χ2v) is 4.93. The molecule has 0 aliphatic heterocycles. The molecule has 22 heavy (non-hydrogen) atoms. The molecule has 0 aromatic heterocycles. The zero-order valence-electron chi connectivity index (χ0n) is 12.3. The van der Waals surface area contributed by atoms with Crippen molar-refractivity contribution in [2.24, 2.45) is 5.73 Å². The molecule has 0 amide bonds. The van der Waals surface area contributed by atoms with Crippen molar-refractivity contribution in [1.82, 2.24) is 5.32 Å². The molecule has 0 aliphatic carbocycles. The van der Waals surface area contributed by atoms with E-state index in [0.717, 1.165) is 5.75 Å². The van der Waals surface area contributed by atoms with Gasteiger partial charge in [0.15, 0.2) is 0 Å². The van der Waals surface area contributed by atoms with E-state index >= 15 is 0 Å². The highest BCUT2D eigenvalue weighted by molar-refractivity contribution is 5.26. The summed E-state index contributed by atoms with van der Waals surface area (Å²) >= 11 is 0. The molecule has 0 bridgehead atoms. The highest BCUT2D eigenvalue weighted by atomic mass is 16.5. The fourth-order valence-electron chi connectivity index (χ4n) is 1.68. The second-order valence-electron chi connectivity index (χ2n) is 4.93. The fraction of sp³-hybridized carbons (Fsp3) is 0.647. The third-order valence-electron chi connectivity index (χ3n) is 2.72. The molecular formula is C17H34N2O3. The van der Waals surface area contributed by atoms with Crippen LogP contribution in [0.15, 0.2) is 24.3 Å². The summed E-state index contributed by atoms with van der Waals surface area (Å²) in [5.41, 5.74) is 6.55. The maximum atomic E-state index is 9.64. The summed E-state index contributed by atoms with van der Waals surface area (Å²) in [5.74, 6) is 0.830. The molecule has 130 valence electrons. The minimum absolute atomic E-state index is 0. The molecule has 5 heteroatoms. The van der Waals surface area contributed by atoms with Crippen LogP contribution in [-0.4, -0.2) is 50.2 Å². The molecule has 4 N–H and O–H groups in total. The molecular weight excluding hydrogens is 280 g/mol. The molecule has 0 saturated heterocycles. The van der Waals surface area contributed by atoms with Gasteiger partial charge in [-0.2, -0.15) is 0 Å². The molecule has 1 rings (SSSR count). The number of hydrogen-bond acceptors (Lipinski definition) is 5. The van der Waals surface area contributed by atoms with Crippen molar-refractivity contribution in [2.45, 2.75) is 40.9 Å². The number of aliphatic hydroxyl groups excluding tert-OH is 1. The highest BCUT2D eigenvalue weighted by Gasteiger charge is 2.07. The van der Waals surface area contributed by atoms with Crippen LogP contribution in [0.4, 0.5) is 0 Å². The molecule has 0 spiro atoms. The van der Waals surface area contributed by atoms with Crippen LogP contribution < -0.4 is 15.8 Å². The van der Waals surface area contributed by atoms with E-state index in [0.29, 0.717) is 32.8 Å². The highest BCUT2D eigenvalue weighted by Crippen LogP contribution is 2.13. The van der Waals surface area contributed by atoms with Crippen LogP contribution in [0, 0.1) is 6.92 Å². The molecule has 0 saturated carbocycles. The lowest BCUT2D eigenvalue weighted by Gasteiger charge is -2.17. The first kappa shape index (κ1) is 23.1. The third-order valence-corrected chi connectivity index (χ3v) is 2.72. The summed E-state index contributed by atoms with van der Waals surface area (Å²) in [7, 11) is 0. The predicted octanol–water partition coefficient (Wildman–Crippen LogP) is 1.96. The number of rotatable bonds is 10. The summed E-state index contributed by atoms with van der Waals surface area (Å²) in [6, 6.07) is 7.90. The number of aryl methyl sites for hydroxylation is 1. The Hall–Kier alpha value is -1.14. The van der Waals surface area contributed by atoms with Crippen molar-refractivity contribution in [1.29, 1.82) is 0 Å². The van der Waals surface area contributed by atoms with Crippen LogP contribution in [0.1, 0.15) is 27.3 Å². The minimum Gasteiger partial charge on any atom is -0.488 e. The van der Waals surface area contributed by atoms with Crippen LogP contribution in [0.3, 0.4) is 0 Å². The van der Waals surface area contributed by atoms with Gasteiger partial charge in [-0.1, -0.05) is 32.5 Å².